The van der Waals surface area contributed by atoms with Crippen molar-refractivity contribution in [2.24, 2.45) is 0 Å². The van der Waals surface area contributed by atoms with Gasteiger partial charge in [-0.25, -0.2) is 0 Å². The van der Waals surface area contributed by atoms with E-state index >= 15 is 0 Å². The predicted molar refractivity (Wildman–Crippen MR) is 72.5 cm³/mol. The van der Waals surface area contributed by atoms with Crippen LogP contribution in [0, 0.1) is 6.92 Å². The molecule has 0 spiro atoms. The Balaban J connectivity index is 2.08. The third kappa shape index (κ3) is 3.08. The minimum atomic E-state index is 0.507. The Morgan fingerprint density at radius 2 is 2.00 bits per heavy atom. The Bertz CT molecular complexity index is 511. The van der Waals surface area contributed by atoms with Crippen LogP contribution in [0.2, 0.25) is 0 Å². The lowest BCUT2D eigenvalue weighted by Crippen LogP contribution is -2.08. The van der Waals surface area contributed by atoms with Crippen LogP contribution in [0.1, 0.15) is 16.8 Å². The number of nitrogens with one attached hydrogen (secondary N) is 1. The SMILES string of the molecule is CNCc1ccccc1OCc1ncccc1C. The summed E-state index contributed by atoms with van der Waals surface area (Å²) in [6.07, 6.45) is 1.80. The van der Waals surface area contributed by atoms with E-state index < -0.39 is 0 Å². The zero-order valence-electron chi connectivity index (χ0n) is 10.8. The van der Waals surface area contributed by atoms with Crippen molar-refractivity contribution < 1.29 is 4.74 Å². The third-order valence-electron chi connectivity index (χ3n) is 2.82. The van der Waals surface area contributed by atoms with Gasteiger partial charge >= 0.3 is 0 Å². The van der Waals surface area contributed by atoms with Gasteiger partial charge in [-0.1, -0.05) is 24.3 Å². The maximum absolute atomic E-state index is 5.85. The molecule has 0 aliphatic heterocycles. The van der Waals surface area contributed by atoms with Crippen molar-refractivity contribution in [1.29, 1.82) is 0 Å². The van der Waals surface area contributed by atoms with E-state index in [1.807, 2.05) is 44.3 Å². The van der Waals surface area contributed by atoms with Gasteiger partial charge in [-0.15, -0.1) is 0 Å². The van der Waals surface area contributed by atoms with Gasteiger partial charge in [0.2, 0.25) is 0 Å². The van der Waals surface area contributed by atoms with Crippen molar-refractivity contribution in [3.05, 3.63) is 59.4 Å². The van der Waals surface area contributed by atoms with Crippen LogP contribution in [0.3, 0.4) is 0 Å². The van der Waals surface area contributed by atoms with Crippen molar-refractivity contribution in [2.75, 3.05) is 7.05 Å². The zero-order valence-corrected chi connectivity index (χ0v) is 10.8. The van der Waals surface area contributed by atoms with Crippen LogP contribution >= 0.6 is 0 Å². The predicted octanol–water partition coefficient (Wildman–Crippen LogP) is 2.69. The fourth-order valence-electron chi connectivity index (χ4n) is 1.80. The fourth-order valence-corrected chi connectivity index (χ4v) is 1.80. The fraction of sp³-hybridized carbons (Fsp3) is 0.267. The molecule has 18 heavy (non-hydrogen) atoms. The van der Waals surface area contributed by atoms with Crippen molar-refractivity contribution in [1.82, 2.24) is 10.3 Å². The molecule has 0 aliphatic carbocycles. The molecule has 0 saturated heterocycles. The quantitative estimate of drug-likeness (QED) is 0.875. The Morgan fingerprint density at radius 1 is 1.17 bits per heavy atom. The molecule has 1 N–H and O–H groups in total. The number of benzene rings is 1. The second-order valence-corrected chi connectivity index (χ2v) is 4.19. The largest absolute Gasteiger partial charge is 0.487 e. The molecular formula is C15H18N2O. The number of ether oxygens (including phenoxy) is 1. The summed E-state index contributed by atoms with van der Waals surface area (Å²) in [7, 11) is 1.93. The number of aromatic nitrogens is 1. The molecule has 0 radical (unpaired) electrons. The van der Waals surface area contributed by atoms with Gasteiger partial charge in [0.25, 0.3) is 0 Å². The highest BCUT2D eigenvalue weighted by atomic mass is 16.5. The van der Waals surface area contributed by atoms with E-state index in [-0.39, 0.29) is 0 Å². The van der Waals surface area contributed by atoms with Crippen LogP contribution < -0.4 is 10.1 Å². The molecule has 1 aromatic carbocycles. The number of pyridine rings is 1. The maximum Gasteiger partial charge on any atom is 0.130 e. The number of rotatable bonds is 5. The number of hydrogen-bond acceptors (Lipinski definition) is 3. The first-order valence-corrected chi connectivity index (χ1v) is 6.07. The number of aryl methyl sites for hydroxylation is 1. The monoisotopic (exact) mass is 242 g/mol. The van der Waals surface area contributed by atoms with Crippen molar-refractivity contribution in [3.63, 3.8) is 0 Å². The van der Waals surface area contributed by atoms with Gasteiger partial charge in [0.05, 0.1) is 5.69 Å². The van der Waals surface area contributed by atoms with E-state index in [0.717, 1.165) is 29.1 Å². The van der Waals surface area contributed by atoms with Crippen LogP contribution in [0.15, 0.2) is 42.6 Å². The molecule has 0 saturated carbocycles. The van der Waals surface area contributed by atoms with Gasteiger partial charge in [-0.3, -0.25) is 4.98 Å². The highest BCUT2D eigenvalue weighted by molar-refractivity contribution is 5.33. The molecule has 1 aromatic heterocycles. The molecule has 94 valence electrons. The lowest BCUT2D eigenvalue weighted by atomic mass is 10.2. The minimum Gasteiger partial charge on any atom is -0.487 e. The average Bonchev–Trinajstić information content (AvgIpc) is 2.40. The molecule has 0 bridgehead atoms. The van der Waals surface area contributed by atoms with Gasteiger partial charge < -0.3 is 10.1 Å². The van der Waals surface area contributed by atoms with Crippen LogP contribution in [0.5, 0.6) is 5.75 Å². The molecule has 3 nitrogen and oxygen atoms in total. The molecule has 0 aliphatic rings. The summed E-state index contributed by atoms with van der Waals surface area (Å²) >= 11 is 0. The average molecular weight is 242 g/mol. The summed E-state index contributed by atoms with van der Waals surface area (Å²) in [5.41, 5.74) is 3.30. The van der Waals surface area contributed by atoms with Crippen LogP contribution in [0.25, 0.3) is 0 Å². The first-order valence-electron chi connectivity index (χ1n) is 6.07. The number of nitrogens with zero attached hydrogens (tertiary/aromatic N) is 1. The second-order valence-electron chi connectivity index (χ2n) is 4.19. The van der Waals surface area contributed by atoms with E-state index in [1.165, 1.54) is 0 Å². The standard InChI is InChI=1S/C15H18N2O/c1-12-6-5-9-17-14(12)11-18-15-8-4-3-7-13(15)10-16-2/h3-9,16H,10-11H2,1-2H3. The highest BCUT2D eigenvalue weighted by Crippen LogP contribution is 2.19. The molecule has 1 heterocycles. The van der Waals surface area contributed by atoms with Gasteiger partial charge in [0.15, 0.2) is 0 Å². The first kappa shape index (κ1) is 12.6. The smallest absolute Gasteiger partial charge is 0.130 e. The summed E-state index contributed by atoms with van der Waals surface area (Å²) in [4.78, 5) is 4.33. The van der Waals surface area contributed by atoms with Crippen LogP contribution in [0.4, 0.5) is 0 Å². The summed E-state index contributed by atoms with van der Waals surface area (Å²) < 4.78 is 5.85. The molecule has 0 fully saturated rings. The summed E-state index contributed by atoms with van der Waals surface area (Å²) in [5.74, 6) is 0.914. The lowest BCUT2D eigenvalue weighted by molar-refractivity contribution is 0.297. The number of para-hydroxylation sites is 1. The third-order valence-corrected chi connectivity index (χ3v) is 2.82. The Kier molecular flexibility index (Phi) is 4.31. The summed E-state index contributed by atoms with van der Waals surface area (Å²) in [6.45, 7) is 3.36. The highest BCUT2D eigenvalue weighted by Gasteiger charge is 2.04. The van der Waals surface area contributed by atoms with Crippen molar-refractivity contribution >= 4 is 0 Å². The van der Waals surface area contributed by atoms with Crippen molar-refractivity contribution in [2.45, 2.75) is 20.1 Å². The molecule has 2 rings (SSSR count). The number of hydrogen-bond donors (Lipinski definition) is 1. The second kappa shape index (κ2) is 6.17. The summed E-state index contributed by atoms with van der Waals surface area (Å²) in [5, 5.41) is 3.14. The normalized spacial score (nSPS) is 10.3. The topological polar surface area (TPSA) is 34.1 Å². The zero-order chi connectivity index (χ0) is 12.8. The van der Waals surface area contributed by atoms with Gasteiger partial charge in [-0.05, 0) is 31.7 Å². The lowest BCUT2D eigenvalue weighted by Gasteiger charge is -2.11. The van der Waals surface area contributed by atoms with Gasteiger partial charge in [0.1, 0.15) is 12.4 Å². The Hall–Kier alpha value is -1.87. The van der Waals surface area contributed by atoms with Gasteiger partial charge in [0, 0.05) is 18.3 Å². The molecule has 3 heteroatoms. The maximum atomic E-state index is 5.85. The Morgan fingerprint density at radius 3 is 2.78 bits per heavy atom. The summed E-state index contributed by atoms with van der Waals surface area (Å²) in [6, 6.07) is 12.0. The molecule has 0 atom stereocenters. The van der Waals surface area contributed by atoms with Crippen molar-refractivity contribution in [3.8, 4) is 5.75 Å². The van der Waals surface area contributed by atoms with Crippen LogP contribution in [-0.4, -0.2) is 12.0 Å². The Labute approximate surface area is 108 Å². The molecular weight excluding hydrogens is 224 g/mol. The van der Waals surface area contributed by atoms with E-state index in [2.05, 4.69) is 16.4 Å². The molecule has 2 aromatic rings. The van der Waals surface area contributed by atoms with Gasteiger partial charge in [-0.2, -0.15) is 0 Å². The van der Waals surface area contributed by atoms with E-state index in [9.17, 15) is 0 Å². The first-order chi connectivity index (χ1) is 8.81. The van der Waals surface area contributed by atoms with E-state index in [0.29, 0.717) is 6.61 Å². The van der Waals surface area contributed by atoms with E-state index in [4.69, 9.17) is 4.74 Å². The van der Waals surface area contributed by atoms with E-state index in [1.54, 1.807) is 6.20 Å². The molecule has 0 unspecified atom stereocenters. The molecule has 0 amide bonds. The minimum absolute atomic E-state index is 0.507. The van der Waals surface area contributed by atoms with Crippen LogP contribution in [-0.2, 0) is 13.2 Å².